The summed E-state index contributed by atoms with van der Waals surface area (Å²) in [5.41, 5.74) is 6.35. The standard InChI is InChI=1S/C12H13N5OS/c1-8-16-17-11(14-15-12(17)19-8)9-3-2-4-10(7-9)18-6-5-13/h2-4,7H,5-6,13H2,1H3. The number of aromatic nitrogens is 4. The molecule has 2 N–H and O–H groups in total. The molecule has 0 aliphatic carbocycles. The predicted molar refractivity (Wildman–Crippen MR) is 73.4 cm³/mol. The van der Waals surface area contributed by atoms with Crippen LogP contribution in [0.15, 0.2) is 24.3 Å². The fourth-order valence-electron chi connectivity index (χ4n) is 1.79. The van der Waals surface area contributed by atoms with Gasteiger partial charge in [-0.3, -0.25) is 0 Å². The number of rotatable bonds is 4. The first-order valence-corrected chi connectivity index (χ1v) is 6.72. The molecule has 3 rings (SSSR count). The second kappa shape index (κ2) is 4.94. The van der Waals surface area contributed by atoms with Gasteiger partial charge in [0.1, 0.15) is 17.4 Å². The summed E-state index contributed by atoms with van der Waals surface area (Å²) >= 11 is 1.52. The van der Waals surface area contributed by atoms with Gasteiger partial charge >= 0.3 is 0 Å². The smallest absolute Gasteiger partial charge is 0.234 e. The van der Waals surface area contributed by atoms with E-state index in [2.05, 4.69) is 15.3 Å². The summed E-state index contributed by atoms with van der Waals surface area (Å²) in [5, 5.41) is 13.6. The minimum atomic E-state index is 0.491. The lowest BCUT2D eigenvalue weighted by molar-refractivity contribution is 0.328. The Kier molecular flexibility index (Phi) is 3.14. The van der Waals surface area contributed by atoms with E-state index in [1.54, 1.807) is 4.52 Å². The first-order valence-electron chi connectivity index (χ1n) is 5.90. The minimum Gasteiger partial charge on any atom is -0.492 e. The van der Waals surface area contributed by atoms with Crippen LogP contribution in [0, 0.1) is 6.92 Å². The van der Waals surface area contributed by atoms with Crippen LogP contribution in [0.25, 0.3) is 16.3 Å². The van der Waals surface area contributed by atoms with Crippen LogP contribution in [0.3, 0.4) is 0 Å². The zero-order chi connectivity index (χ0) is 13.2. The van der Waals surface area contributed by atoms with Crippen molar-refractivity contribution in [3.63, 3.8) is 0 Å². The van der Waals surface area contributed by atoms with E-state index < -0.39 is 0 Å². The fraction of sp³-hybridized carbons (Fsp3) is 0.250. The minimum absolute atomic E-state index is 0.491. The number of ether oxygens (including phenoxy) is 1. The van der Waals surface area contributed by atoms with Gasteiger partial charge in [0.05, 0.1) is 0 Å². The van der Waals surface area contributed by atoms with Crippen LogP contribution in [-0.4, -0.2) is 33.0 Å². The Bertz CT molecular complexity index is 705. The molecule has 0 aliphatic rings. The maximum atomic E-state index is 5.51. The van der Waals surface area contributed by atoms with Crippen molar-refractivity contribution in [1.29, 1.82) is 0 Å². The molecule has 3 aromatic rings. The lowest BCUT2D eigenvalue weighted by Crippen LogP contribution is -2.10. The lowest BCUT2D eigenvalue weighted by Gasteiger charge is -2.05. The van der Waals surface area contributed by atoms with E-state index in [4.69, 9.17) is 10.5 Å². The molecule has 6 nitrogen and oxygen atoms in total. The highest BCUT2D eigenvalue weighted by molar-refractivity contribution is 7.16. The van der Waals surface area contributed by atoms with E-state index >= 15 is 0 Å². The molecule has 0 amide bonds. The normalized spacial score (nSPS) is 11.1. The number of fused-ring (bicyclic) bond motifs is 1. The van der Waals surface area contributed by atoms with Crippen molar-refractivity contribution in [2.45, 2.75) is 6.92 Å². The topological polar surface area (TPSA) is 78.3 Å². The highest BCUT2D eigenvalue weighted by Gasteiger charge is 2.12. The van der Waals surface area contributed by atoms with Crippen LogP contribution in [0.2, 0.25) is 0 Å². The molecule has 0 fully saturated rings. The predicted octanol–water partition coefficient (Wildman–Crippen LogP) is 1.50. The zero-order valence-electron chi connectivity index (χ0n) is 10.4. The van der Waals surface area contributed by atoms with Gasteiger partial charge in [-0.15, -0.1) is 10.2 Å². The van der Waals surface area contributed by atoms with E-state index in [1.807, 2.05) is 31.2 Å². The van der Waals surface area contributed by atoms with Crippen molar-refractivity contribution in [1.82, 2.24) is 19.8 Å². The largest absolute Gasteiger partial charge is 0.492 e. The van der Waals surface area contributed by atoms with Crippen LogP contribution in [0.1, 0.15) is 5.01 Å². The molecular weight excluding hydrogens is 262 g/mol. The average Bonchev–Trinajstić information content (AvgIpc) is 2.95. The number of hydrogen-bond donors (Lipinski definition) is 1. The second-order valence-electron chi connectivity index (χ2n) is 4.00. The van der Waals surface area contributed by atoms with Crippen LogP contribution in [0.4, 0.5) is 0 Å². The highest BCUT2D eigenvalue weighted by atomic mass is 32.1. The first-order chi connectivity index (χ1) is 9.28. The monoisotopic (exact) mass is 275 g/mol. The van der Waals surface area contributed by atoms with Crippen LogP contribution >= 0.6 is 11.3 Å². The van der Waals surface area contributed by atoms with E-state index in [-0.39, 0.29) is 0 Å². The Hall–Kier alpha value is -1.99. The van der Waals surface area contributed by atoms with Gasteiger partial charge in [0.15, 0.2) is 5.82 Å². The van der Waals surface area contributed by atoms with Crippen LogP contribution in [0.5, 0.6) is 5.75 Å². The molecule has 0 aliphatic heterocycles. The Morgan fingerprint density at radius 3 is 3.11 bits per heavy atom. The van der Waals surface area contributed by atoms with Crippen molar-refractivity contribution < 1.29 is 4.74 Å². The molecule has 0 radical (unpaired) electrons. The summed E-state index contributed by atoms with van der Waals surface area (Å²) in [4.78, 5) is 0.792. The second-order valence-corrected chi connectivity index (χ2v) is 5.16. The Morgan fingerprint density at radius 2 is 2.26 bits per heavy atom. The molecule has 0 spiro atoms. The average molecular weight is 275 g/mol. The van der Waals surface area contributed by atoms with Crippen LogP contribution in [-0.2, 0) is 0 Å². The lowest BCUT2D eigenvalue weighted by atomic mass is 10.2. The Balaban J connectivity index is 2.00. The van der Waals surface area contributed by atoms with E-state index in [1.165, 1.54) is 11.3 Å². The number of hydrogen-bond acceptors (Lipinski definition) is 6. The van der Waals surface area contributed by atoms with Crippen molar-refractivity contribution >= 4 is 16.3 Å². The van der Waals surface area contributed by atoms with E-state index in [0.717, 1.165) is 27.1 Å². The van der Waals surface area contributed by atoms with Gasteiger partial charge < -0.3 is 10.5 Å². The number of aryl methyl sites for hydroxylation is 1. The highest BCUT2D eigenvalue weighted by Crippen LogP contribution is 2.24. The molecule has 2 aromatic heterocycles. The van der Waals surface area contributed by atoms with Gasteiger partial charge in [0, 0.05) is 12.1 Å². The summed E-state index contributed by atoms with van der Waals surface area (Å²) < 4.78 is 7.26. The number of nitrogens with two attached hydrogens (primary N) is 1. The summed E-state index contributed by atoms with van der Waals surface area (Å²) in [7, 11) is 0. The molecule has 0 atom stereocenters. The zero-order valence-corrected chi connectivity index (χ0v) is 11.2. The third kappa shape index (κ3) is 2.29. The third-order valence-electron chi connectivity index (χ3n) is 2.57. The molecule has 0 saturated heterocycles. The number of benzene rings is 1. The van der Waals surface area contributed by atoms with Crippen LogP contribution < -0.4 is 10.5 Å². The van der Waals surface area contributed by atoms with Gasteiger partial charge in [0.2, 0.25) is 4.96 Å². The van der Waals surface area contributed by atoms with Crippen molar-refractivity contribution in [3.8, 4) is 17.1 Å². The molecule has 1 aromatic carbocycles. The van der Waals surface area contributed by atoms with Crippen molar-refractivity contribution in [3.05, 3.63) is 29.3 Å². The molecule has 0 saturated carbocycles. The third-order valence-corrected chi connectivity index (χ3v) is 3.38. The maximum Gasteiger partial charge on any atom is 0.234 e. The summed E-state index contributed by atoms with van der Waals surface area (Å²) in [6.07, 6.45) is 0. The SMILES string of the molecule is Cc1nn2c(-c3cccc(OCCN)c3)nnc2s1. The van der Waals surface area contributed by atoms with Gasteiger partial charge in [-0.2, -0.15) is 9.61 Å². The van der Waals surface area contributed by atoms with Gasteiger partial charge in [-0.05, 0) is 19.1 Å². The van der Waals surface area contributed by atoms with Crippen molar-refractivity contribution in [2.75, 3.05) is 13.2 Å². The Labute approximate surface area is 113 Å². The van der Waals surface area contributed by atoms with Gasteiger partial charge in [0.25, 0.3) is 0 Å². The molecule has 19 heavy (non-hydrogen) atoms. The summed E-state index contributed by atoms with van der Waals surface area (Å²) in [6, 6.07) is 7.69. The van der Waals surface area contributed by atoms with E-state index in [9.17, 15) is 0 Å². The number of nitrogens with zero attached hydrogens (tertiary/aromatic N) is 4. The maximum absolute atomic E-state index is 5.51. The fourth-order valence-corrected chi connectivity index (χ4v) is 2.48. The quantitative estimate of drug-likeness (QED) is 0.780. The molecule has 0 bridgehead atoms. The summed E-state index contributed by atoms with van der Waals surface area (Å²) in [6.45, 7) is 2.93. The molecule has 98 valence electrons. The first kappa shape index (κ1) is 12.1. The summed E-state index contributed by atoms with van der Waals surface area (Å²) in [5.74, 6) is 1.49. The Morgan fingerprint density at radius 1 is 1.37 bits per heavy atom. The molecule has 2 heterocycles. The molecule has 7 heteroatoms. The van der Waals surface area contributed by atoms with Gasteiger partial charge in [-0.25, -0.2) is 0 Å². The van der Waals surface area contributed by atoms with E-state index in [0.29, 0.717) is 13.2 Å². The van der Waals surface area contributed by atoms with Crippen molar-refractivity contribution in [2.24, 2.45) is 5.73 Å². The molecule has 0 unspecified atom stereocenters. The van der Waals surface area contributed by atoms with Gasteiger partial charge in [-0.1, -0.05) is 23.5 Å². The molecular formula is C12H13N5OS.